The van der Waals surface area contributed by atoms with Gasteiger partial charge >= 0.3 is 0 Å². The Morgan fingerprint density at radius 1 is 1.09 bits per heavy atom. The average molecular weight is 311 g/mol. The lowest BCUT2D eigenvalue weighted by atomic mass is 9.93. The van der Waals surface area contributed by atoms with Crippen molar-refractivity contribution in [1.82, 2.24) is 0 Å². The van der Waals surface area contributed by atoms with Gasteiger partial charge in [-0.3, -0.25) is 0 Å². The number of benzene rings is 2. The van der Waals surface area contributed by atoms with Crippen LogP contribution in [0.25, 0.3) is 0 Å². The number of hydrogen-bond donors (Lipinski definition) is 0. The van der Waals surface area contributed by atoms with Crippen molar-refractivity contribution in [2.45, 2.75) is 24.6 Å². The molecular formula is C18H18NO2P. The van der Waals surface area contributed by atoms with Crippen LogP contribution in [0.3, 0.4) is 0 Å². The Morgan fingerprint density at radius 3 is 2.41 bits per heavy atom. The number of hydrogen-bond acceptors (Lipinski definition) is 3. The van der Waals surface area contributed by atoms with E-state index in [1.165, 1.54) is 0 Å². The standard InChI is InChI=1S/C18H18NO2P/c1-18-12-13-22(20,15-10-6-3-7-11-15)17(18)16(19-21-18)14-8-4-2-5-9-14/h2-11,17H,12-13H2,1H3/t17-,18-,22-/m0/s1. The molecule has 1 saturated heterocycles. The summed E-state index contributed by atoms with van der Waals surface area (Å²) < 4.78 is 13.9. The van der Waals surface area contributed by atoms with Crippen molar-refractivity contribution in [3.63, 3.8) is 0 Å². The van der Waals surface area contributed by atoms with Crippen LogP contribution >= 0.6 is 7.14 Å². The topological polar surface area (TPSA) is 38.7 Å². The molecule has 0 spiro atoms. The zero-order valence-electron chi connectivity index (χ0n) is 12.5. The lowest BCUT2D eigenvalue weighted by molar-refractivity contribution is 0.00203. The second-order valence-corrected chi connectivity index (χ2v) is 9.32. The van der Waals surface area contributed by atoms with Gasteiger partial charge in [-0.2, -0.15) is 0 Å². The molecule has 2 aromatic rings. The first-order valence-electron chi connectivity index (χ1n) is 7.59. The van der Waals surface area contributed by atoms with E-state index in [1.54, 1.807) is 0 Å². The van der Waals surface area contributed by atoms with Crippen molar-refractivity contribution >= 4 is 18.2 Å². The molecule has 0 radical (unpaired) electrons. The Bertz CT molecular complexity index is 772. The fourth-order valence-electron chi connectivity index (χ4n) is 3.66. The van der Waals surface area contributed by atoms with E-state index in [0.717, 1.165) is 23.0 Å². The Balaban J connectivity index is 1.84. The van der Waals surface area contributed by atoms with E-state index in [1.807, 2.05) is 67.6 Å². The molecule has 0 bridgehead atoms. The minimum atomic E-state index is -2.57. The number of oxime groups is 1. The monoisotopic (exact) mass is 311 g/mol. The van der Waals surface area contributed by atoms with Gasteiger partial charge in [-0.15, -0.1) is 0 Å². The van der Waals surface area contributed by atoms with Crippen LogP contribution in [0.5, 0.6) is 0 Å². The lowest BCUT2D eigenvalue weighted by Gasteiger charge is -2.25. The van der Waals surface area contributed by atoms with E-state index in [2.05, 4.69) is 5.16 Å². The van der Waals surface area contributed by atoms with E-state index in [9.17, 15) is 4.57 Å². The first kappa shape index (κ1) is 13.8. The van der Waals surface area contributed by atoms with Crippen LogP contribution in [0.15, 0.2) is 65.8 Å². The predicted molar refractivity (Wildman–Crippen MR) is 89.4 cm³/mol. The lowest BCUT2D eigenvalue weighted by Crippen LogP contribution is -2.37. The molecule has 0 N–H and O–H groups in total. The van der Waals surface area contributed by atoms with Crippen LogP contribution in [0, 0.1) is 0 Å². The van der Waals surface area contributed by atoms with Gasteiger partial charge in [0.2, 0.25) is 0 Å². The summed E-state index contributed by atoms with van der Waals surface area (Å²) in [5.41, 5.74) is 1.25. The van der Waals surface area contributed by atoms with Crippen LogP contribution < -0.4 is 5.30 Å². The van der Waals surface area contributed by atoms with Crippen LogP contribution in [0.4, 0.5) is 0 Å². The van der Waals surface area contributed by atoms with Gasteiger partial charge in [-0.05, 0) is 13.3 Å². The molecule has 2 aliphatic heterocycles. The van der Waals surface area contributed by atoms with Crippen molar-refractivity contribution in [1.29, 1.82) is 0 Å². The van der Waals surface area contributed by atoms with Crippen molar-refractivity contribution < 1.29 is 9.40 Å². The van der Waals surface area contributed by atoms with Gasteiger partial charge in [0, 0.05) is 17.0 Å². The first-order valence-corrected chi connectivity index (χ1v) is 9.55. The van der Waals surface area contributed by atoms with Gasteiger partial charge in [-0.1, -0.05) is 65.8 Å². The highest BCUT2D eigenvalue weighted by Gasteiger charge is 2.60. The molecule has 0 amide bonds. The van der Waals surface area contributed by atoms with Crippen LogP contribution in [0.1, 0.15) is 18.9 Å². The Kier molecular flexibility index (Phi) is 3.02. The summed E-state index contributed by atoms with van der Waals surface area (Å²) in [6.45, 7) is 2.04. The normalized spacial score (nSPS) is 33.1. The van der Waals surface area contributed by atoms with E-state index in [4.69, 9.17) is 4.84 Å². The maximum absolute atomic E-state index is 13.9. The Morgan fingerprint density at radius 2 is 1.73 bits per heavy atom. The molecule has 22 heavy (non-hydrogen) atoms. The Hall–Kier alpha value is -1.86. The van der Waals surface area contributed by atoms with Crippen LogP contribution in [-0.4, -0.2) is 23.1 Å². The van der Waals surface area contributed by atoms with E-state index < -0.39 is 12.7 Å². The molecule has 2 heterocycles. The van der Waals surface area contributed by atoms with Gasteiger partial charge in [-0.25, -0.2) is 0 Å². The summed E-state index contributed by atoms with van der Waals surface area (Å²) in [6, 6.07) is 19.8. The summed E-state index contributed by atoms with van der Waals surface area (Å²) >= 11 is 0. The second-order valence-electron chi connectivity index (χ2n) is 6.25. The maximum atomic E-state index is 13.9. The fraction of sp³-hybridized carbons (Fsp3) is 0.278. The Labute approximate surface area is 130 Å². The summed E-state index contributed by atoms with van der Waals surface area (Å²) in [4.78, 5) is 5.76. The number of nitrogens with zero attached hydrogens (tertiary/aromatic N) is 1. The summed E-state index contributed by atoms with van der Waals surface area (Å²) in [7, 11) is -2.57. The molecule has 2 aliphatic rings. The smallest absolute Gasteiger partial charge is 0.151 e. The molecule has 4 heteroatoms. The van der Waals surface area contributed by atoms with Gasteiger partial charge in [0.1, 0.15) is 18.5 Å². The average Bonchev–Trinajstić information content (AvgIpc) is 3.05. The molecule has 3 atom stereocenters. The third-order valence-corrected chi connectivity index (χ3v) is 8.50. The van der Waals surface area contributed by atoms with Gasteiger partial charge in [0.05, 0.1) is 0 Å². The van der Waals surface area contributed by atoms with Crippen LogP contribution in [-0.2, 0) is 9.40 Å². The quantitative estimate of drug-likeness (QED) is 0.794. The molecule has 0 unspecified atom stereocenters. The number of rotatable bonds is 2. The van der Waals surface area contributed by atoms with Crippen molar-refractivity contribution in [2.24, 2.45) is 5.16 Å². The highest BCUT2D eigenvalue weighted by molar-refractivity contribution is 7.73. The molecule has 0 aromatic heterocycles. The molecule has 0 saturated carbocycles. The highest BCUT2D eigenvalue weighted by Crippen LogP contribution is 2.64. The highest BCUT2D eigenvalue weighted by atomic mass is 31.2. The first-order chi connectivity index (χ1) is 10.6. The molecular weight excluding hydrogens is 293 g/mol. The van der Waals surface area contributed by atoms with E-state index >= 15 is 0 Å². The zero-order chi connectivity index (χ0) is 15.2. The van der Waals surface area contributed by atoms with E-state index in [-0.39, 0.29) is 5.66 Å². The molecule has 4 rings (SSSR count). The minimum absolute atomic E-state index is 0.148. The number of fused-ring (bicyclic) bond motifs is 1. The molecule has 3 nitrogen and oxygen atoms in total. The van der Waals surface area contributed by atoms with Gasteiger partial charge < -0.3 is 9.40 Å². The van der Waals surface area contributed by atoms with Crippen molar-refractivity contribution in [2.75, 3.05) is 6.16 Å². The van der Waals surface area contributed by atoms with Gasteiger partial charge in [0.15, 0.2) is 5.60 Å². The van der Waals surface area contributed by atoms with Crippen LogP contribution in [0.2, 0.25) is 0 Å². The zero-order valence-corrected chi connectivity index (χ0v) is 13.4. The fourth-order valence-corrected chi connectivity index (χ4v) is 7.58. The van der Waals surface area contributed by atoms with Gasteiger partial charge in [0.25, 0.3) is 0 Å². The molecule has 0 aliphatic carbocycles. The van der Waals surface area contributed by atoms with Crippen molar-refractivity contribution in [3.8, 4) is 0 Å². The molecule has 1 fully saturated rings. The summed E-state index contributed by atoms with van der Waals surface area (Å²) in [6.07, 6.45) is 1.47. The van der Waals surface area contributed by atoms with E-state index in [0.29, 0.717) is 6.16 Å². The second kappa shape index (κ2) is 4.82. The SMILES string of the molecule is C[C@]12CC[P@](=O)(c3ccccc3)[C@H]1C(c1ccccc1)=NO2. The van der Waals surface area contributed by atoms with Crippen molar-refractivity contribution in [3.05, 3.63) is 66.2 Å². The summed E-state index contributed by atoms with van der Waals surface area (Å²) in [5.74, 6) is 0. The third kappa shape index (κ3) is 1.89. The minimum Gasteiger partial charge on any atom is -0.388 e. The molecule has 2 aromatic carbocycles. The third-order valence-electron chi connectivity index (χ3n) is 4.81. The summed E-state index contributed by atoms with van der Waals surface area (Å²) in [5, 5.41) is 5.27. The predicted octanol–water partition coefficient (Wildman–Crippen LogP) is 3.64. The molecule has 112 valence electrons. The maximum Gasteiger partial charge on any atom is 0.151 e. The largest absolute Gasteiger partial charge is 0.388 e.